The lowest BCUT2D eigenvalue weighted by molar-refractivity contribution is -0.133. The van der Waals surface area contributed by atoms with Gasteiger partial charge in [-0.1, -0.05) is 19.9 Å². The van der Waals surface area contributed by atoms with Crippen LogP contribution in [0.3, 0.4) is 0 Å². The van der Waals surface area contributed by atoms with Gasteiger partial charge in [0.25, 0.3) is 0 Å². The summed E-state index contributed by atoms with van der Waals surface area (Å²) in [6, 6.07) is 0. The van der Waals surface area contributed by atoms with Crippen LogP contribution in [0.25, 0.3) is 0 Å². The van der Waals surface area contributed by atoms with E-state index in [2.05, 4.69) is 31.9 Å². The molecule has 0 bridgehead atoms. The largest absolute Gasteiger partial charge is 0.498 e. The number of terminal acetylenes is 1. The molecule has 2 saturated carbocycles. The van der Waals surface area contributed by atoms with E-state index in [4.69, 9.17) is 11.2 Å². The maximum Gasteiger partial charge on any atom is 0.139 e. The van der Waals surface area contributed by atoms with Crippen molar-refractivity contribution in [1.29, 1.82) is 0 Å². The summed E-state index contributed by atoms with van der Waals surface area (Å²) >= 11 is 0. The molecule has 2 fully saturated rings. The Morgan fingerprint density at radius 3 is 2.84 bits per heavy atom. The molecule has 4 rings (SSSR count). The summed E-state index contributed by atoms with van der Waals surface area (Å²) in [6.45, 7) is 7.40. The molecular formula is C23H30O2. The van der Waals surface area contributed by atoms with Crippen molar-refractivity contribution in [2.75, 3.05) is 6.61 Å². The van der Waals surface area contributed by atoms with Gasteiger partial charge in [0.1, 0.15) is 5.78 Å². The Morgan fingerprint density at radius 1 is 1.32 bits per heavy atom. The number of allylic oxidation sites excluding steroid dienone is 4. The van der Waals surface area contributed by atoms with Crippen molar-refractivity contribution in [2.24, 2.45) is 34.5 Å². The van der Waals surface area contributed by atoms with Gasteiger partial charge in [0.05, 0.1) is 12.4 Å². The predicted octanol–water partition coefficient (Wildman–Crippen LogP) is 4.91. The molecule has 2 heteroatoms. The van der Waals surface area contributed by atoms with E-state index in [-0.39, 0.29) is 16.7 Å². The van der Waals surface area contributed by atoms with Crippen LogP contribution in [0.15, 0.2) is 23.5 Å². The van der Waals surface area contributed by atoms with Gasteiger partial charge in [0.15, 0.2) is 0 Å². The Hall–Kier alpha value is -1.49. The molecule has 0 heterocycles. The monoisotopic (exact) mass is 338 g/mol. The third kappa shape index (κ3) is 2.28. The Kier molecular flexibility index (Phi) is 3.91. The minimum absolute atomic E-state index is 0.132. The van der Waals surface area contributed by atoms with Crippen LogP contribution in [0.4, 0.5) is 0 Å². The number of ketones is 1. The molecule has 4 aliphatic rings. The number of Topliss-reactive ketones (excluding diaryl/α,β-unsaturated/α-hetero) is 1. The normalized spacial score (nSPS) is 45.4. The SMILES string of the molecule is C#C[C@H]1C[C@]2(C)C(=O)CC[C@H]2[C@@H]2CC=C3C=C(OCC)CC[C@]3(C)[C@H]21. The minimum atomic E-state index is -0.180. The summed E-state index contributed by atoms with van der Waals surface area (Å²) in [7, 11) is 0. The average Bonchev–Trinajstić information content (AvgIpc) is 2.89. The first kappa shape index (κ1) is 17.0. The molecule has 134 valence electrons. The number of fused-ring (bicyclic) bond motifs is 5. The molecule has 0 aromatic heterocycles. The zero-order chi connectivity index (χ0) is 17.8. The van der Waals surface area contributed by atoms with Gasteiger partial charge in [0, 0.05) is 24.2 Å². The van der Waals surface area contributed by atoms with Crippen molar-refractivity contribution in [2.45, 2.75) is 59.3 Å². The highest BCUT2D eigenvalue weighted by atomic mass is 16.5. The van der Waals surface area contributed by atoms with Gasteiger partial charge in [-0.25, -0.2) is 0 Å². The number of rotatable bonds is 2. The van der Waals surface area contributed by atoms with E-state index >= 15 is 0 Å². The standard InChI is InChI=1S/C23H30O2/c1-5-15-14-23(4)19(9-10-20(23)24)18-8-7-16-13-17(25-6-2)11-12-22(16,3)21(15)18/h1,7,13,15,18-19,21H,6,8-12,14H2,2-4H3/t15-,18-,19-,21-,22-,23-/m0/s1. The molecule has 25 heavy (non-hydrogen) atoms. The van der Waals surface area contributed by atoms with Gasteiger partial charge in [-0.15, -0.1) is 12.3 Å². The lowest BCUT2D eigenvalue weighted by Gasteiger charge is -2.57. The van der Waals surface area contributed by atoms with E-state index in [0.717, 1.165) is 50.9 Å². The van der Waals surface area contributed by atoms with Gasteiger partial charge < -0.3 is 4.74 Å². The van der Waals surface area contributed by atoms with Gasteiger partial charge in [-0.2, -0.15) is 0 Å². The quantitative estimate of drug-likeness (QED) is 0.669. The lowest BCUT2D eigenvalue weighted by atomic mass is 9.46. The summed E-state index contributed by atoms with van der Waals surface area (Å²) in [5, 5.41) is 0. The van der Waals surface area contributed by atoms with Gasteiger partial charge in [-0.05, 0) is 67.4 Å². The van der Waals surface area contributed by atoms with E-state index in [1.165, 1.54) is 5.57 Å². The van der Waals surface area contributed by atoms with Crippen molar-refractivity contribution < 1.29 is 9.53 Å². The fourth-order valence-corrected chi connectivity index (χ4v) is 6.72. The molecule has 0 N–H and O–H groups in total. The van der Waals surface area contributed by atoms with Crippen molar-refractivity contribution in [3.8, 4) is 12.3 Å². The van der Waals surface area contributed by atoms with Crippen molar-refractivity contribution in [3.63, 3.8) is 0 Å². The third-order valence-corrected chi connectivity index (χ3v) is 7.95. The van der Waals surface area contributed by atoms with Gasteiger partial charge >= 0.3 is 0 Å². The first-order chi connectivity index (χ1) is 11.9. The van der Waals surface area contributed by atoms with E-state index in [0.29, 0.717) is 23.5 Å². The van der Waals surface area contributed by atoms with Gasteiger partial charge in [0.2, 0.25) is 0 Å². The molecular weight excluding hydrogens is 308 g/mol. The number of hydrogen-bond acceptors (Lipinski definition) is 2. The molecule has 4 aliphatic carbocycles. The molecule has 0 aromatic rings. The Balaban J connectivity index is 1.75. The topological polar surface area (TPSA) is 26.3 Å². The van der Waals surface area contributed by atoms with Crippen LogP contribution in [0.5, 0.6) is 0 Å². The first-order valence-corrected chi connectivity index (χ1v) is 9.97. The zero-order valence-electron chi connectivity index (χ0n) is 15.8. The molecule has 0 amide bonds. The van der Waals surface area contributed by atoms with Crippen molar-refractivity contribution in [3.05, 3.63) is 23.5 Å². The average molecular weight is 338 g/mol. The summed E-state index contributed by atoms with van der Waals surface area (Å²) in [5.41, 5.74) is 1.38. The van der Waals surface area contributed by atoms with Crippen LogP contribution in [0.2, 0.25) is 0 Å². The molecule has 0 saturated heterocycles. The molecule has 0 aliphatic heterocycles. The second-order valence-corrected chi connectivity index (χ2v) is 9.01. The van der Waals surface area contributed by atoms with Crippen LogP contribution in [-0.4, -0.2) is 12.4 Å². The number of carbonyl (C=O) groups excluding carboxylic acids is 1. The molecule has 0 aromatic carbocycles. The Bertz CT molecular complexity index is 693. The third-order valence-electron chi connectivity index (χ3n) is 7.95. The predicted molar refractivity (Wildman–Crippen MR) is 99.5 cm³/mol. The maximum absolute atomic E-state index is 12.6. The maximum atomic E-state index is 12.6. The lowest BCUT2D eigenvalue weighted by Crippen LogP contribution is -2.53. The smallest absolute Gasteiger partial charge is 0.139 e. The van der Waals surface area contributed by atoms with Crippen LogP contribution in [0, 0.1) is 46.8 Å². The minimum Gasteiger partial charge on any atom is -0.498 e. The van der Waals surface area contributed by atoms with Crippen molar-refractivity contribution >= 4 is 5.78 Å². The van der Waals surface area contributed by atoms with Crippen LogP contribution in [0.1, 0.15) is 59.3 Å². The van der Waals surface area contributed by atoms with E-state index in [1.807, 2.05) is 6.92 Å². The number of ether oxygens (including phenoxy) is 1. The van der Waals surface area contributed by atoms with E-state index < -0.39 is 0 Å². The molecule has 0 spiro atoms. The molecule has 6 atom stereocenters. The summed E-state index contributed by atoms with van der Waals surface area (Å²) in [4.78, 5) is 12.6. The van der Waals surface area contributed by atoms with Crippen LogP contribution >= 0.6 is 0 Å². The molecule has 2 nitrogen and oxygen atoms in total. The summed E-state index contributed by atoms with van der Waals surface area (Å²) in [5.74, 6) is 6.49. The Morgan fingerprint density at radius 2 is 2.12 bits per heavy atom. The zero-order valence-corrected chi connectivity index (χ0v) is 15.8. The second kappa shape index (κ2) is 5.76. The first-order valence-electron chi connectivity index (χ1n) is 9.97. The summed E-state index contributed by atoms with van der Waals surface area (Å²) in [6.07, 6.45) is 16.6. The molecule has 0 unspecified atom stereocenters. The van der Waals surface area contributed by atoms with Gasteiger partial charge in [-0.3, -0.25) is 4.79 Å². The molecule has 0 radical (unpaired) electrons. The summed E-state index contributed by atoms with van der Waals surface area (Å²) < 4.78 is 5.80. The van der Waals surface area contributed by atoms with E-state index in [9.17, 15) is 4.79 Å². The van der Waals surface area contributed by atoms with E-state index in [1.54, 1.807) is 0 Å². The highest BCUT2D eigenvalue weighted by Crippen LogP contribution is 2.65. The highest BCUT2D eigenvalue weighted by Gasteiger charge is 2.61. The fraction of sp³-hybridized carbons (Fsp3) is 0.696. The Labute approximate surface area is 152 Å². The highest BCUT2D eigenvalue weighted by molar-refractivity contribution is 5.87. The van der Waals surface area contributed by atoms with Crippen LogP contribution in [-0.2, 0) is 9.53 Å². The van der Waals surface area contributed by atoms with Crippen LogP contribution < -0.4 is 0 Å². The number of carbonyl (C=O) groups is 1. The van der Waals surface area contributed by atoms with Crippen molar-refractivity contribution in [1.82, 2.24) is 0 Å². The fourth-order valence-electron chi connectivity index (χ4n) is 6.72. The number of hydrogen-bond donors (Lipinski definition) is 0. The second-order valence-electron chi connectivity index (χ2n) is 9.01.